The molecular formula is C21H19NO4S. The molecule has 1 aromatic carbocycles. The summed E-state index contributed by atoms with van der Waals surface area (Å²) in [6.07, 6.45) is 3.51. The minimum Gasteiger partial charge on any atom is -0.460 e. The summed E-state index contributed by atoms with van der Waals surface area (Å²) in [4.78, 5) is 28.8. The monoisotopic (exact) mass is 381 g/mol. The van der Waals surface area contributed by atoms with Crippen molar-refractivity contribution >= 4 is 23.2 Å². The van der Waals surface area contributed by atoms with Gasteiger partial charge in [-0.05, 0) is 17.0 Å². The molecule has 4 heterocycles. The minimum absolute atomic E-state index is 0.0167. The number of carbonyl (C=O) groups excluding carboxylic acids is 2. The molecule has 2 aromatic rings. The van der Waals surface area contributed by atoms with Crippen LogP contribution in [0.25, 0.3) is 0 Å². The van der Waals surface area contributed by atoms with Gasteiger partial charge in [0.05, 0.1) is 25.1 Å². The highest BCUT2D eigenvalue weighted by atomic mass is 32.1. The summed E-state index contributed by atoms with van der Waals surface area (Å²) < 4.78 is 11.7. The lowest BCUT2D eigenvalue weighted by Gasteiger charge is -2.22. The first-order valence-electron chi connectivity index (χ1n) is 9.05. The number of ether oxygens (including phenoxy) is 2. The number of fused-ring (bicyclic) bond motifs is 1. The molecule has 1 aromatic heterocycles. The fourth-order valence-corrected chi connectivity index (χ4v) is 5.12. The first kappa shape index (κ1) is 16.7. The summed E-state index contributed by atoms with van der Waals surface area (Å²) in [6.45, 7) is 1.26. The Balaban J connectivity index is 1.33. The third-order valence-corrected chi connectivity index (χ3v) is 6.46. The van der Waals surface area contributed by atoms with E-state index in [1.54, 1.807) is 16.2 Å². The second-order valence-corrected chi connectivity index (χ2v) is 8.30. The predicted molar refractivity (Wildman–Crippen MR) is 99.7 cm³/mol. The molecule has 138 valence electrons. The molecular weight excluding hydrogens is 362 g/mol. The van der Waals surface area contributed by atoms with E-state index in [0.717, 1.165) is 10.4 Å². The Morgan fingerprint density at radius 2 is 2.11 bits per heavy atom. The molecule has 0 radical (unpaired) electrons. The van der Waals surface area contributed by atoms with Gasteiger partial charge in [-0.2, -0.15) is 0 Å². The Bertz CT molecular complexity index is 894. The van der Waals surface area contributed by atoms with E-state index in [4.69, 9.17) is 9.47 Å². The van der Waals surface area contributed by atoms with E-state index in [9.17, 15) is 9.59 Å². The number of thiophene rings is 1. The number of nitrogens with zero attached hydrogens (tertiary/aromatic N) is 1. The van der Waals surface area contributed by atoms with Gasteiger partial charge in [-0.1, -0.05) is 48.6 Å². The minimum atomic E-state index is -0.685. The molecule has 6 heteroatoms. The van der Waals surface area contributed by atoms with Crippen LogP contribution in [0.1, 0.15) is 10.4 Å². The Labute approximate surface area is 161 Å². The third kappa shape index (κ3) is 2.71. The molecule has 2 saturated heterocycles. The molecule has 0 N–H and O–H groups in total. The normalized spacial score (nSPS) is 30.7. The van der Waals surface area contributed by atoms with Crippen LogP contribution in [0.3, 0.4) is 0 Å². The largest absolute Gasteiger partial charge is 0.460 e. The summed E-state index contributed by atoms with van der Waals surface area (Å²) in [5, 5.41) is 2.00. The van der Waals surface area contributed by atoms with Crippen LogP contribution in [0, 0.1) is 11.8 Å². The van der Waals surface area contributed by atoms with Crippen molar-refractivity contribution in [1.82, 2.24) is 4.90 Å². The molecule has 1 spiro atoms. The Morgan fingerprint density at radius 1 is 1.26 bits per heavy atom. The number of esters is 1. The average Bonchev–Trinajstić information content (AvgIpc) is 3.44. The van der Waals surface area contributed by atoms with E-state index in [1.165, 1.54) is 0 Å². The van der Waals surface area contributed by atoms with Gasteiger partial charge < -0.3 is 14.4 Å². The number of hydrogen-bond acceptors (Lipinski definition) is 5. The second-order valence-electron chi connectivity index (χ2n) is 7.27. The molecule has 3 aliphatic heterocycles. The van der Waals surface area contributed by atoms with Crippen LogP contribution in [0.15, 0.2) is 60.0 Å². The van der Waals surface area contributed by atoms with Crippen LogP contribution in [0.4, 0.5) is 0 Å². The van der Waals surface area contributed by atoms with Crippen molar-refractivity contribution in [3.8, 4) is 0 Å². The van der Waals surface area contributed by atoms with Crippen LogP contribution < -0.4 is 0 Å². The van der Waals surface area contributed by atoms with Crippen LogP contribution in [-0.2, 0) is 32.2 Å². The van der Waals surface area contributed by atoms with Gasteiger partial charge in [0, 0.05) is 4.88 Å². The zero-order chi connectivity index (χ0) is 18.4. The van der Waals surface area contributed by atoms with Gasteiger partial charge in [0.25, 0.3) is 0 Å². The predicted octanol–water partition coefficient (Wildman–Crippen LogP) is 2.77. The van der Waals surface area contributed by atoms with E-state index in [0.29, 0.717) is 13.1 Å². The van der Waals surface area contributed by atoms with Crippen LogP contribution in [0.5, 0.6) is 0 Å². The number of likely N-dealkylation sites (tertiary alicyclic amines) is 1. The number of hydrogen-bond donors (Lipinski definition) is 0. The van der Waals surface area contributed by atoms with Crippen LogP contribution >= 0.6 is 11.3 Å². The quantitative estimate of drug-likeness (QED) is 0.590. The van der Waals surface area contributed by atoms with Crippen molar-refractivity contribution in [3.63, 3.8) is 0 Å². The maximum atomic E-state index is 13.1. The van der Waals surface area contributed by atoms with Crippen molar-refractivity contribution < 1.29 is 19.1 Å². The summed E-state index contributed by atoms with van der Waals surface area (Å²) in [5.41, 5.74) is 0.243. The van der Waals surface area contributed by atoms with Crippen molar-refractivity contribution in [2.45, 2.75) is 24.9 Å². The summed E-state index contributed by atoms with van der Waals surface area (Å²) >= 11 is 1.63. The van der Waals surface area contributed by atoms with Crippen LogP contribution in [-0.4, -0.2) is 35.0 Å². The van der Waals surface area contributed by atoms with Crippen molar-refractivity contribution in [1.29, 1.82) is 0 Å². The number of carbonyl (C=O) groups is 2. The maximum absolute atomic E-state index is 13.1. The lowest BCUT2D eigenvalue weighted by molar-refractivity contribution is -0.155. The molecule has 5 nitrogen and oxygen atoms in total. The Kier molecular flexibility index (Phi) is 3.91. The highest BCUT2D eigenvalue weighted by molar-refractivity contribution is 7.09. The van der Waals surface area contributed by atoms with E-state index in [2.05, 4.69) is 0 Å². The van der Waals surface area contributed by atoms with E-state index in [-0.39, 0.29) is 24.6 Å². The summed E-state index contributed by atoms with van der Waals surface area (Å²) in [7, 11) is 0. The molecule has 0 saturated carbocycles. The lowest BCUT2D eigenvalue weighted by atomic mass is 9.77. The van der Waals surface area contributed by atoms with Crippen molar-refractivity contribution in [3.05, 3.63) is 70.4 Å². The van der Waals surface area contributed by atoms with Crippen LogP contribution in [0.2, 0.25) is 0 Å². The molecule has 5 rings (SSSR count). The molecule has 2 bridgehead atoms. The molecule has 2 fully saturated rings. The molecule has 0 aliphatic carbocycles. The maximum Gasteiger partial charge on any atom is 0.313 e. The highest BCUT2D eigenvalue weighted by Crippen LogP contribution is 2.52. The van der Waals surface area contributed by atoms with Crippen molar-refractivity contribution in [2.24, 2.45) is 11.8 Å². The lowest BCUT2D eigenvalue weighted by Crippen LogP contribution is -2.39. The molecule has 27 heavy (non-hydrogen) atoms. The average molecular weight is 381 g/mol. The molecule has 4 atom stereocenters. The molecule has 1 amide bonds. The fourth-order valence-electron chi connectivity index (χ4n) is 4.40. The van der Waals surface area contributed by atoms with Gasteiger partial charge >= 0.3 is 5.97 Å². The SMILES string of the molecule is O=C(OCc1ccccc1)[C@H]1[C@H]2C(=O)N(Cc3cccs3)C[C@]23C=C[C@H]1O3. The van der Waals surface area contributed by atoms with E-state index >= 15 is 0 Å². The van der Waals surface area contributed by atoms with Crippen molar-refractivity contribution in [2.75, 3.05) is 6.54 Å². The van der Waals surface area contributed by atoms with Gasteiger partial charge in [-0.25, -0.2) is 0 Å². The van der Waals surface area contributed by atoms with Gasteiger partial charge in [-0.15, -0.1) is 11.3 Å². The summed E-state index contributed by atoms with van der Waals surface area (Å²) in [6, 6.07) is 13.6. The second kappa shape index (κ2) is 6.32. The zero-order valence-corrected chi connectivity index (χ0v) is 15.4. The standard InChI is InChI=1S/C21H19NO4S/c23-19-18-17(20(24)25-12-14-5-2-1-3-6-14)16-8-9-21(18,26-16)13-22(19)11-15-7-4-10-27-15/h1-10,16-18H,11-13H2/t16-,17-,18+,21-/m1/s1. The first-order valence-corrected chi connectivity index (χ1v) is 9.93. The van der Waals surface area contributed by atoms with E-state index < -0.39 is 17.4 Å². The smallest absolute Gasteiger partial charge is 0.313 e. The zero-order valence-electron chi connectivity index (χ0n) is 14.6. The Hall–Kier alpha value is -2.44. The first-order chi connectivity index (χ1) is 13.2. The van der Waals surface area contributed by atoms with Gasteiger partial charge in [-0.3, -0.25) is 9.59 Å². The molecule has 3 aliphatic rings. The number of rotatable bonds is 5. The Morgan fingerprint density at radius 3 is 2.89 bits per heavy atom. The number of amides is 1. The highest BCUT2D eigenvalue weighted by Gasteiger charge is 2.67. The topological polar surface area (TPSA) is 55.8 Å². The van der Waals surface area contributed by atoms with Gasteiger partial charge in [0.15, 0.2) is 0 Å². The number of benzene rings is 1. The third-order valence-electron chi connectivity index (χ3n) is 5.60. The summed E-state index contributed by atoms with van der Waals surface area (Å²) in [5.74, 6) is -1.43. The van der Waals surface area contributed by atoms with Gasteiger partial charge in [0.2, 0.25) is 5.91 Å². The fraction of sp³-hybridized carbons (Fsp3) is 0.333. The van der Waals surface area contributed by atoms with E-state index in [1.807, 2.05) is 60.0 Å². The molecule has 0 unspecified atom stereocenters. The van der Waals surface area contributed by atoms with Gasteiger partial charge in [0.1, 0.15) is 18.1 Å².